The molecular formula is C12H9Te. The van der Waals surface area contributed by atoms with Crippen molar-refractivity contribution in [2.45, 2.75) is 0 Å². The third-order valence-electron chi connectivity index (χ3n) is 1.96. The van der Waals surface area contributed by atoms with E-state index >= 15 is 0 Å². The Kier molecular flexibility index (Phi) is 2.68. The number of benzene rings is 2. The standard InChI is InChI=1S/C12H9Te/c13-12-8-6-11(7-9-12)10-4-2-1-3-5-10/h1-9H. The van der Waals surface area contributed by atoms with Gasteiger partial charge in [0.2, 0.25) is 0 Å². The molecule has 1 radical (unpaired) electrons. The first-order valence-electron chi connectivity index (χ1n) is 4.19. The maximum atomic E-state index is 2.16. The van der Waals surface area contributed by atoms with Crippen LogP contribution in [0.25, 0.3) is 11.1 Å². The Balaban J connectivity index is 2.42. The van der Waals surface area contributed by atoms with Gasteiger partial charge in [-0.3, -0.25) is 0 Å². The van der Waals surface area contributed by atoms with Gasteiger partial charge in [0.05, 0.1) is 0 Å². The molecule has 2 rings (SSSR count). The fourth-order valence-electron chi connectivity index (χ4n) is 1.28. The Morgan fingerprint density at radius 2 is 1.15 bits per heavy atom. The van der Waals surface area contributed by atoms with Crippen LogP contribution < -0.4 is 3.61 Å². The maximum absolute atomic E-state index is 2.16. The van der Waals surface area contributed by atoms with Crippen molar-refractivity contribution in [2.75, 3.05) is 0 Å². The predicted molar refractivity (Wildman–Crippen MR) is 57.3 cm³/mol. The molecule has 0 amide bonds. The number of hydrogen-bond acceptors (Lipinski definition) is 0. The van der Waals surface area contributed by atoms with Crippen molar-refractivity contribution in [3.05, 3.63) is 54.6 Å². The third kappa shape index (κ3) is 2.12. The second-order valence-corrected chi connectivity index (χ2v) is 4.24. The van der Waals surface area contributed by atoms with E-state index in [1.54, 1.807) is 0 Å². The zero-order valence-electron chi connectivity index (χ0n) is 7.10. The van der Waals surface area contributed by atoms with Crippen molar-refractivity contribution in [1.29, 1.82) is 0 Å². The van der Waals surface area contributed by atoms with E-state index in [0.717, 1.165) is 0 Å². The first-order valence-corrected chi connectivity index (χ1v) is 5.35. The zero-order chi connectivity index (χ0) is 9.10. The van der Waals surface area contributed by atoms with Crippen molar-refractivity contribution >= 4 is 25.9 Å². The van der Waals surface area contributed by atoms with Gasteiger partial charge in [-0.15, -0.1) is 0 Å². The van der Waals surface area contributed by atoms with Crippen LogP contribution in [0.5, 0.6) is 0 Å². The summed E-state index contributed by atoms with van der Waals surface area (Å²) >= 11 is 2.04. The van der Waals surface area contributed by atoms with E-state index in [4.69, 9.17) is 0 Å². The minimum absolute atomic E-state index is 1.28. The zero-order valence-corrected chi connectivity index (χ0v) is 9.43. The molecule has 0 bridgehead atoms. The molecule has 63 valence electrons. The quantitative estimate of drug-likeness (QED) is 0.702. The molecule has 0 aliphatic heterocycles. The summed E-state index contributed by atoms with van der Waals surface area (Å²) in [4.78, 5) is 0. The van der Waals surface area contributed by atoms with Gasteiger partial charge >= 0.3 is 91.6 Å². The van der Waals surface area contributed by atoms with Crippen LogP contribution in [0.4, 0.5) is 0 Å². The van der Waals surface area contributed by atoms with Gasteiger partial charge in [0.25, 0.3) is 0 Å². The predicted octanol–water partition coefficient (Wildman–Crippen LogP) is 2.15. The Morgan fingerprint density at radius 1 is 0.615 bits per heavy atom. The van der Waals surface area contributed by atoms with Crippen molar-refractivity contribution in [1.82, 2.24) is 0 Å². The van der Waals surface area contributed by atoms with E-state index in [1.807, 2.05) is 28.4 Å². The fourth-order valence-corrected chi connectivity index (χ4v) is 1.67. The number of hydrogen-bond donors (Lipinski definition) is 0. The topological polar surface area (TPSA) is 0 Å². The average molecular weight is 281 g/mol. The molecule has 2 aromatic carbocycles. The molecule has 0 aromatic heterocycles. The summed E-state index contributed by atoms with van der Waals surface area (Å²) in [6.45, 7) is 0. The van der Waals surface area contributed by atoms with Gasteiger partial charge in [0.1, 0.15) is 0 Å². The Bertz CT molecular complexity index is 376. The van der Waals surface area contributed by atoms with Gasteiger partial charge < -0.3 is 0 Å². The van der Waals surface area contributed by atoms with Crippen molar-refractivity contribution in [3.63, 3.8) is 0 Å². The molecule has 0 heterocycles. The summed E-state index contributed by atoms with van der Waals surface area (Å²) in [6.07, 6.45) is 0. The molecule has 0 aliphatic carbocycles. The summed E-state index contributed by atoms with van der Waals surface area (Å²) in [7, 11) is 0. The molecule has 0 fully saturated rings. The van der Waals surface area contributed by atoms with E-state index in [-0.39, 0.29) is 0 Å². The van der Waals surface area contributed by atoms with Crippen LogP contribution in [0.3, 0.4) is 0 Å². The van der Waals surface area contributed by atoms with Crippen molar-refractivity contribution in [3.8, 4) is 11.1 Å². The molecule has 1 heteroatoms. The van der Waals surface area contributed by atoms with Crippen LogP contribution in [0, 0.1) is 0 Å². The molecule has 0 nitrogen and oxygen atoms in total. The monoisotopic (exact) mass is 283 g/mol. The van der Waals surface area contributed by atoms with Gasteiger partial charge in [-0.1, -0.05) is 0 Å². The van der Waals surface area contributed by atoms with E-state index < -0.39 is 0 Å². The molecule has 0 saturated carbocycles. The third-order valence-corrected chi connectivity index (χ3v) is 2.74. The minimum atomic E-state index is 1.28. The van der Waals surface area contributed by atoms with Crippen LogP contribution in [0.2, 0.25) is 0 Å². The second-order valence-electron chi connectivity index (χ2n) is 2.89. The average Bonchev–Trinajstić information content (AvgIpc) is 2.20. The van der Waals surface area contributed by atoms with Gasteiger partial charge in [0.15, 0.2) is 0 Å². The van der Waals surface area contributed by atoms with Crippen LogP contribution in [-0.4, -0.2) is 22.3 Å². The summed E-state index contributed by atoms with van der Waals surface area (Å²) in [5.74, 6) is 0. The van der Waals surface area contributed by atoms with E-state index in [1.165, 1.54) is 14.7 Å². The Hall–Kier alpha value is -0.770. The molecule has 0 saturated heterocycles. The fraction of sp³-hybridized carbons (Fsp3) is 0. The molecule has 0 unspecified atom stereocenters. The molecular weight excluding hydrogens is 272 g/mol. The molecule has 0 spiro atoms. The van der Waals surface area contributed by atoms with Gasteiger partial charge in [-0.05, 0) is 0 Å². The van der Waals surface area contributed by atoms with Gasteiger partial charge in [0, 0.05) is 0 Å². The first kappa shape index (κ1) is 8.81. The Morgan fingerprint density at radius 3 is 1.77 bits per heavy atom. The van der Waals surface area contributed by atoms with Crippen LogP contribution in [0.15, 0.2) is 54.6 Å². The Labute approximate surface area is 91.5 Å². The molecule has 0 atom stereocenters. The first-order chi connectivity index (χ1) is 6.36. The van der Waals surface area contributed by atoms with E-state index in [9.17, 15) is 0 Å². The molecule has 13 heavy (non-hydrogen) atoms. The van der Waals surface area contributed by atoms with E-state index in [0.29, 0.717) is 0 Å². The molecule has 0 N–H and O–H groups in total. The molecule has 2 aromatic rings. The summed E-state index contributed by atoms with van der Waals surface area (Å²) in [5.41, 5.74) is 2.57. The SMILES string of the molecule is [Te]c1ccc(-c2ccccc2)cc1. The summed E-state index contributed by atoms with van der Waals surface area (Å²) in [5, 5.41) is 0. The van der Waals surface area contributed by atoms with Crippen LogP contribution >= 0.6 is 0 Å². The van der Waals surface area contributed by atoms with Gasteiger partial charge in [-0.25, -0.2) is 0 Å². The van der Waals surface area contributed by atoms with Crippen LogP contribution in [-0.2, 0) is 0 Å². The molecule has 0 aliphatic rings. The van der Waals surface area contributed by atoms with Gasteiger partial charge in [-0.2, -0.15) is 0 Å². The second kappa shape index (κ2) is 3.96. The van der Waals surface area contributed by atoms with Crippen molar-refractivity contribution in [2.24, 2.45) is 0 Å². The summed E-state index contributed by atoms with van der Waals surface area (Å²) in [6, 6.07) is 19.0. The van der Waals surface area contributed by atoms with Crippen LogP contribution in [0.1, 0.15) is 0 Å². The normalized spacial score (nSPS) is 9.85. The number of rotatable bonds is 1. The van der Waals surface area contributed by atoms with E-state index in [2.05, 4.69) is 48.5 Å². The summed E-state index contributed by atoms with van der Waals surface area (Å²) < 4.78 is 1.32. The van der Waals surface area contributed by atoms with Crippen molar-refractivity contribution < 1.29 is 0 Å².